The predicted molar refractivity (Wildman–Crippen MR) is 73.7 cm³/mol. The maximum atomic E-state index is 5.75. The Bertz CT molecular complexity index is 542. The van der Waals surface area contributed by atoms with E-state index >= 15 is 0 Å². The molecule has 3 nitrogen and oxygen atoms in total. The van der Waals surface area contributed by atoms with Crippen LogP contribution in [0.2, 0.25) is 0 Å². The Kier molecular flexibility index (Phi) is 3.10. The van der Waals surface area contributed by atoms with Crippen molar-refractivity contribution in [2.45, 2.75) is 6.92 Å². The summed E-state index contributed by atoms with van der Waals surface area (Å²) in [5, 5.41) is 0. The molecule has 4 N–H and O–H groups in total. The number of benzene rings is 2. The maximum absolute atomic E-state index is 5.75. The summed E-state index contributed by atoms with van der Waals surface area (Å²) < 4.78 is 0. The van der Waals surface area contributed by atoms with Crippen LogP contribution in [-0.2, 0) is 0 Å². The molecule has 0 amide bonds. The summed E-state index contributed by atoms with van der Waals surface area (Å²) in [6, 6.07) is 13.3. The van der Waals surface area contributed by atoms with Gasteiger partial charge in [0.25, 0.3) is 0 Å². The van der Waals surface area contributed by atoms with Gasteiger partial charge in [0, 0.05) is 17.6 Å². The van der Waals surface area contributed by atoms with Crippen molar-refractivity contribution in [1.82, 2.24) is 0 Å². The van der Waals surface area contributed by atoms with Crippen molar-refractivity contribution >= 4 is 23.3 Å². The second kappa shape index (κ2) is 4.70. The normalized spacial score (nSPS) is 10.9. The topological polar surface area (TPSA) is 64.4 Å². The first kappa shape index (κ1) is 11.2. The van der Waals surface area contributed by atoms with Crippen molar-refractivity contribution in [3.8, 4) is 0 Å². The Morgan fingerprint density at radius 1 is 1.00 bits per heavy atom. The zero-order chi connectivity index (χ0) is 12.3. The Morgan fingerprint density at radius 3 is 2.35 bits per heavy atom. The molecule has 17 heavy (non-hydrogen) atoms. The fourth-order valence-electron chi connectivity index (χ4n) is 1.47. The minimum absolute atomic E-state index is 0.755. The molecule has 0 aliphatic heterocycles. The second-order valence-corrected chi connectivity index (χ2v) is 3.97. The van der Waals surface area contributed by atoms with E-state index in [1.165, 1.54) is 0 Å². The smallest absolute Gasteiger partial charge is 0.0634 e. The molecule has 0 aromatic heterocycles. The molecule has 0 aliphatic carbocycles. The first-order valence-electron chi connectivity index (χ1n) is 5.41. The van der Waals surface area contributed by atoms with Crippen LogP contribution in [0.15, 0.2) is 47.5 Å². The van der Waals surface area contributed by atoms with Gasteiger partial charge in [-0.15, -0.1) is 0 Å². The molecule has 0 aliphatic rings. The van der Waals surface area contributed by atoms with E-state index in [9.17, 15) is 0 Å². The van der Waals surface area contributed by atoms with E-state index in [0.29, 0.717) is 0 Å². The number of rotatable bonds is 2. The molecule has 0 bridgehead atoms. The highest BCUT2D eigenvalue weighted by molar-refractivity contribution is 5.82. The summed E-state index contributed by atoms with van der Waals surface area (Å²) in [5.74, 6) is 0. The van der Waals surface area contributed by atoms with Gasteiger partial charge < -0.3 is 11.5 Å². The average Bonchev–Trinajstić information content (AvgIpc) is 2.33. The Morgan fingerprint density at radius 2 is 1.71 bits per heavy atom. The summed E-state index contributed by atoms with van der Waals surface area (Å²) in [6.45, 7) is 1.97. The van der Waals surface area contributed by atoms with Gasteiger partial charge in [0.2, 0.25) is 0 Å². The van der Waals surface area contributed by atoms with Crippen LogP contribution in [0.4, 0.5) is 17.1 Å². The fraction of sp³-hybridized carbons (Fsp3) is 0.0714. The average molecular weight is 225 g/mol. The zero-order valence-corrected chi connectivity index (χ0v) is 9.72. The first-order chi connectivity index (χ1) is 8.15. The molecule has 0 unspecified atom stereocenters. The second-order valence-electron chi connectivity index (χ2n) is 3.97. The number of hydrogen-bond acceptors (Lipinski definition) is 3. The number of nitrogen functional groups attached to an aromatic ring is 2. The molecule has 86 valence electrons. The van der Waals surface area contributed by atoms with Crippen molar-refractivity contribution in [3.05, 3.63) is 53.6 Å². The van der Waals surface area contributed by atoms with Crippen LogP contribution >= 0.6 is 0 Å². The van der Waals surface area contributed by atoms with E-state index < -0.39 is 0 Å². The van der Waals surface area contributed by atoms with Gasteiger partial charge in [0.15, 0.2) is 0 Å². The Hall–Kier alpha value is -2.29. The molecule has 0 atom stereocenters. The molecule has 3 heteroatoms. The lowest BCUT2D eigenvalue weighted by molar-refractivity contribution is 1.43. The van der Waals surface area contributed by atoms with Gasteiger partial charge in [-0.1, -0.05) is 12.1 Å². The van der Waals surface area contributed by atoms with E-state index in [2.05, 4.69) is 4.99 Å². The van der Waals surface area contributed by atoms with Crippen LogP contribution in [0.3, 0.4) is 0 Å². The number of hydrogen-bond donors (Lipinski definition) is 2. The van der Waals surface area contributed by atoms with E-state index in [0.717, 1.165) is 28.2 Å². The van der Waals surface area contributed by atoms with Crippen LogP contribution in [0, 0.1) is 6.92 Å². The van der Waals surface area contributed by atoms with Crippen LogP contribution in [0.1, 0.15) is 11.1 Å². The third kappa shape index (κ3) is 2.84. The van der Waals surface area contributed by atoms with Gasteiger partial charge in [0.1, 0.15) is 0 Å². The SMILES string of the molecule is Cc1cc(N=Cc2ccc(N)cc2)ccc1N. The molecule has 2 rings (SSSR count). The number of aryl methyl sites for hydroxylation is 1. The van der Waals surface area contributed by atoms with Crippen LogP contribution in [-0.4, -0.2) is 6.21 Å². The molecular weight excluding hydrogens is 210 g/mol. The van der Waals surface area contributed by atoms with Crippen molar-refractivity contribution in [1.29, 1.82) is 0 Å². The van der Waals surface area contributed by atoms with Crippen LogP contribution in [0.5, 0.6) is 0 Å². The van der Waals surface area contributed by atoms with Gasteiger partial charge in [0.05, 0.1) is 5.69 Å². The molecule has 0 spiro atoms. The van der Waals surface area contributed by atoms with Gasteiger partial charge in [-0.05, 0) is 48.4 Å². The largest absolute Gasteiger partial charge is 0.399 e. The number of nitrogens with zero attached hydrogens (tertiary/aromatic N) is 1. The molecule has 0 saturated heterocycles. The van der Waals surface area contributed by atoms with Crippen molar-refractivity contribution in [2.75, 3.05) is 11.5 Å². The Labute approximate surface area is 101 Å². The van der Waals surface area contributed by atoms with Gasteiger partial charge in [-0.25, -0.2) is 0 Å². The summed E-state index contributed by atoms with van der Waals surface area (Å²) in [4.78, 5) is 4.39. The lowest BCUT2D eigenvalue weighted by Gasteiger charge is -2.00. The van der Waals surface area contributed by atoms with E-state index in [-0.39, 0.29) is 0 Å². The molecule has 2 aromatic carbocycles. The fourth-order valence-corrected chi connectivity index (χ4v) is 1.47. The quantitative estimate of drug-likeness (QED) is 0.609. The van der Waals surface area contributed by atoms with Gasteiger partial charge in [-0.2, -0.15) is 0 Å². The summed E-state index contributed by atoms with van der Waals surface area (Å²) in [5.41, 5.74) is 15.9. The van der Waals surface area contributed by atoms with E-state index in [4.69, 9.17) is 11.5 Å². The molecule has 0 heterocycles. The van der Waals surface area contributed by atoms with Crippen molar-refractivity contribution in [2.24, 2.45) is 4.99 Å². The van der Waals surface area contributed by atoms with Crippen molar-refractivity contribution in [3.63, 3.8) is 0 Å². The minimum atomic E-state index is 0.755. The lowest BCUT2D eigenvalue weighted by Crippen LogP contribution is -1.88. The molecule has 2 aromatic rings. The molecule has 0 radical (unpaired) electrons. The third-order valence-electron chi connectivity index (χ3n) is 2.55. The Balaban J connectivity index is 2.20. The number of nitrogens with two attached hydrogens (primary N) is 2. The first-order valence-corrected chi connectivity index (χ1v) is 5.41. The van der Waals surface area contributed by atoms with Gasteiger partial charge in [-0.3, -0.25) is 4.99 Å². The zero-order valence-electron chi connectivity index (χ0n) is 9.72. The van der Waals surface area contributed by atoms with Crippen LogP contribution < -0.4 is 11.5 Å². The molecular formula is C14H15N3. The monoisotopic (exact) mass is 225 g/mol. The highest BCUT2D eigenvalue weighted by Crippen LogP contribution is 2.19. The highest BCUT2D eigenvalue weighted by atomic mass is 14.7. The predicted octanol–water partition coefficient (Wildman–Crippen LogP) is 2.91. The van der Waals surface area contributed by atoms with E-state index in [1.54, 1.807) is 0 Å². The molecule has 0 saturated carbocycles. The third-order valence-corrected chi connectivity index (χ3v) is 2.55. The number of anilines is 2. The van der Waals surface area contributed by atoms with Crippen molar-refractivity contribution < 1.29 is 0 Å². The number of aliphatic imine (C=N–C) groups is 1. The maximum Gasteiger partial charge on any atom is 0.0634 e. The van der Waals surface area contributed by atoms with Crippen LogP contribution in [0.25, 0.3) is 0 Å². The minimum Gasteiger partial charge on any atom is -0.399 e. The van der Waals surface area contributed by atoms with E-state index in [1.807, 2.05) is 55.6 Å². The summed E-state index contributed by atoms with van der Waals surface area (Å²) in [6.07, 6.45) is 1.81. The van der Waals surface area contributed by atoms with Gasteiger partial charge >= 0.3 is 0 Å². The highest BCUT2D eigenvalue weighted by Gasteiger charge is 1.94. The standard InChI is InChI=1S/C14H15N3/c1-10-8-13(6-7-14(10)16)17-9-11-2-4-12(15)5-3-11/h2-9H,15-16H2,1H3. The summed E-state index contributed by atoms with van der Waals surface area (Å²) in [7, 11) is 0. The summed E-state index contributed by atoms with van der Waals surface area (Å²) >= 11 is 0. The molecule has 0 fully saturated rings. The lowest BCUT2D eigenvalue weighted by atomic mass is 10.2.